The number of rotatable bonds is 4. The Kier molecular flexibility index (Phi) is 5.08. The first kappa shape index (κ1) is 14.2. The molecular weight excluding hydrogens is 238 g/mol. The standard InChI is InChI=1S/C14H13N5/c1-3-10-5-12(18-19-13(7-15)8-16)6-11(4-2)14(10)9-17/h5-6,18H,3-4H2,1-2H3. The molecule has 0 fully saturated rings. The zero-order chi connectivity index (χ0) is 14.3. The van der Waals surface area contributed by atoms with Crippen LogP contribution in [0.15, 0.2) is 17.2 Å². The maximum atomic E-state index is 9.16. The van der Waals surface area contributed by atoms with E-state index in [1.807, 2.05) is 26.0 Å². The van der Waals surface area contributed by atoms with Crippen LogP contribution in [-0.2, 0) is 12.8 Å². The van der Waals surface area contributed by atoms with E-state index in [0.29, 0.717) is 11.3 Å². The number of benzene rings is 1. The third-order valence-corrected chi connectivity index (χ3v) is 2.68. The maximum absolute atomic E-state index is 9.16. The van der Waals surface area contributed by atoms with Crippen molar-refractivity contribution in [1.29, 1.82) is 15.8 Å². The maximum Gasteiger partial charge on any atom is 0.237 e. The highest BCUT2D eigenvalue weighted by Gasteiger charge is 2.08. The molecule has 19 heavy (non-hydrogen) atoms. The van der Waals surface area contributed by atoms with Crippen molar-refractivity contribution in [1.82, 2.24) is 0 Å². The molecule has 94 valence electrons. The molecule has 0 aliphatic carbocycles. The minimum atomic E-state index is -0.236. The van der Waals surface area contributed by atoms with E-state index < -0.39 is 0 Å². The third-order valence-electron chi connectivity index (χ3n) is 2.68. The van der Waals surface area contributed by atoms with E-state index in [4.69, 9.17) is 15.8 Å². The topological polar surface area (TPSA) is 95.8 Å². The summed E-state index contributed by atoms with van der Waals surface area (Å²) in [5.74, 6) is 0. The fraction of sp³-hybridized carbons (Fsp3) is 0.286. The lowest BCUT2D eigenvalue weighted by Gasteiger charge is -2.10. The number of hydrazone groups is 1. The van der Waals surface area contributed by atoms with Crippen molar-refractivity contribution in [3.8, 4) is 18.2 Å². The second kappa shape index (κ2) is 6.79. The van der Waals surface area contributed by atoms with Gasteiger partial charge in [-0.15, -0.1) is 0 Å². The average molecular weight is 251 g/mol. The van der Waals surface area contributed by atoms with Crippen molar-refractivity contribution in [2.24, 2.45) is 5.10 Å². The van der Waals surface area contributed by atoms with Gasteiger partial charge in [0.05, 0.1) is 17.3 Å². The summed E-state index contributed by atoms with van der Waals surface area (Å²) in [4.78, 5) is 0. The van der Waals surface area contributed by atoms with Crippen LogP contribution in [-0.4, -0.2) is 5.71 Å². The molecule has 0 heterocycles. The molecule has 0 atom stereocenters. The van der Waals surface area contributed by atoms with E-state index in [0.717, 1.165) is 24.0 Å². The number of anilines is 1. The van der Waals surface area contributed by atoms with Gasteiger partial charge in [-0.1, -0.05) is 13.8 Å². The first-order chi connectivity index (χ1) is 9.19. The lowest BCUT2D eigenvalue weighted by molar-refractivity contribution is 1.07. The Morgan fingerprint density at radius 1 is 1.11 bits per heavy atom. The average Bonchev–Trinajstić information content (AvgIpc) is 2.46. The fourth-order valence-electron chi connectivity index (χ4n) is 1.73. The van der Waals surface area contributed by atoms with E-state index in [1.54, 1.807) is 12.1 Å². The molecule has 0 bridgehead atoms. The Morgan fingerprint density at radius 3 is 2.00 bits per heavy atom. The molecule has 0 radical (unpaired) electrons. The summed E-state index contributed by atoms with van der Waals surface area (Å²) in [6, 6.07) is 9.19. The van der Waals surface area contributed by atoms with Crippen molar-refractivity contribution in [2.45, 2.75) is 26.7 Å². The van der Waals surface area contributed by atoms with E-state index in [1.165, 1.54) is 0 Å². The molecule has 0 amide bonds. The molecule has 0 aromatic heterocycles. The van der Waals surface area contributed by atoms with Crippen LogP contribution >= 0.6 is 0 Å². The van der Waals surface area contributed by atoms with Gasteiger partial charge in [0.1, 0.15) is 12.1 Å². The summed E-state index contributed by atoms with van der Waals surface area (Å²) in [6.45, 7) is 3.94. The Bertz CT molecular complexity index is 582. The van der Waals surface area contributed by atoms with Crippen molar-refractivity contribution in [3.05, 3.63) is 28.8 Å². The van der Waals surface area contributed by atoms with E-state index in [2.05, 4.69) is 16.6 Å². The second-order valence-corrected chi connectivity index (χ2v) is 3.78. The molecule has 0 spiro atoms. The fourth-order valence-corrected chi connectivity index (χ4v) is 1.73. The second-order valence-electron chi connectivity index (χ2n) is 3.78. The number of nitrogens with zero attached hydrogens (tertiary/aromatic N) is 4. The lowest BCUT2D eigenvalue weighted by Crippen LogP contribution is -2.01. The normalized spacial score (nSPS) is 8.79. The predicted octanol–water partition coefficient (Wildman–Crippen LogP) is 2.50. The smallest absolute Gasteiger partial charge is 0.237 e. The van der Waals surface area contributed by atoms with E-state index >= 15 is 0 Å². The van der Waals surface area contributed by atoms with Crippen LogP contribution in [0.5, 0.6) is 0 Å². The highest BCUT2D eigenvalue weighted by atomic mass is 15.3. The Hall–Kier alpha value is -2.84. The SMILES string of the molecule is CCc1cc(NN=C(C#N)C#N)cc(CC)c1C#N. The number of aryl methyl sites for hydroxylation is 2. The van der Waals surface area contributed by atoms with Crippen molar-refractivity contribution in [3.63, 3.8) is 0 Å². The van der Waals surface area contributed by atoms with Gasteiger partial charge in [0.2, 0.25) is 5.71 Å². The van der Waals surface area contributed by atoms with Gasteiger partial charge >= 0.3 is 0 Å². The van der Waals surface area contributed by atoms with Gasteiger partial charge < -0.3 is 0 Å². The first-order valence-corrected chi connectivity index (χ1v) is 5.89. The lowest BCUT2D eigenvalue weighted by atomic mass is 9.97. The summed E-state index contributed by atoms with van der Waals surface area (Å²) in [7, 11) is 0. The summed E-state index contributed by atoms with van der Waals surface area (Å²) >= 11 is 0. The van der Waals surface area contributed by atoms with Crippen LogP contribution in [0.25, 0.3) is 0 Å². The molecule has 5 heteroatoms. The molecule has 0 aliphatic heterocycles. The van der Waals surface area contributed by atoms with Gasteiger partial charge in [0.25, 0.3) is 0 Å². The zero-order valence-corrected chi connectivity index (χ0v) is 10.9. The molecule has 5 nitrogen and oxygen atoms in total. The molecule has 0 aliphatic rings. The summed E-state index contributed by atoms with van der Waals surface area (Å²) < 4.78 is 0. The molecule has 0 unspecified atom stereocenters. The van der Waals surface area contributed by atoms with Crippen LogP contribution in [0.4, 0.5) is 5.69 Å². The molecule has 0 saturated heterocycles. The number of nitrogens with one attached hydrogen (secondary N) is 1. The Morgan fingerprint density at radius 2 is 1.63 bits per heavy atom. The molecule has 1 N–H and O–H groups in total. The van der Waals surface area contributed by atoms with Crippen LogP contribution < -0.4 is 5.43 Å². The quantitative estimate of drug-likeness (QED) is 0.656. The molecule has 0 saturated carbocycles. The van der Waals surface area contributed by atoms with Crippen molar-refractivity contribution < 1.29 is 0 Å². The van der Waals surface area contributed by atoms with Gasteiger partial charge in [0.15, 0.2) is 0 Å². The third kappa shape index (κ3) is 3.31. The molecule has 1 aromatic carbocycles. The monoisotopic (exact) mass is 251 g/mol. The summed E-state index contributed by atoms with van der Waals surface area (Å²) in [6.07, 6.45) is 1.47. The van der Waals surface area contributed by atoms with Gasteiger partial charge in [-0.05, 0) is 36.1 Å². The van der Waals surface area contributed by atoms with Crippen LogP contribution in [0.2, 0.25) is 0 Å². The van der Waals surface area contributed by atoms with Gasteiger partial charge in [-0.25, -0.2) is 0 Å². The zero-order valence-electron chi connectivity index (χ0n) is 10.9. The summed E-state index contributed by atoms with van der Waals surface area (Å²) in [5, 5.41) is 30.1. The van der Waals surface area contributed by atoms with Gasteiger partial charge in [-0.2, -0.15) is 20.9 Å². The van der Waals surface area contributed by atoms with E-state index in [9.17, 15) is 0 Å². The molecule has 1 aromatic rings. The van der Waals surface area contributed by atoms with Gasteiger partial charge in [0, 0.05) is 0 Å². The minimum Gasteiger partial charge on any atom is -0.276 e. The largest absolute Gasteiger partial charge is 0.276 e. The Balaban J connectivity index is 3.19. The van der Waals surface area contributed by atoms with Crippen LogP contribution in [0, 0.1) is 34.0 Å². The predicted molar refractivity (Wildman–Crippen MR) is 72.2 cm³/mol. The number of hydrogen-bond acceptors (Lipinski definition) is 5. The molecular formula is C14H13N5. The van der Waals surface area contributed by atoms with Crippen LogP contribution in [0.1, 0.15) is 30.5 Å². The van der Waals surface area contributed by atoms with Crippen molar-refractivity contribution in [2.75, 3.05) is 5.43 Å². The minimum absolute atomic E-state index is 0.236. The summed E-state index contributed by atoms with van der Waals surface area (Å²) in [5.41, 5.74) is 5.67. The van der Waals surface area contributed by atoms with Gasteiger partial charge in [-0.3, -0.25) is 5.43 Å². The van der Waals surface area contributed by atoms with Crippen molar-refractivity contribution >= 4 is 11.4 Å². The number of nitriles is 3. The highest BCUT2D eigenvalue weighted by molar-refractivity contribution is 6.10. The highest BCUT2D eigenvalue weighted by Crippen LogP contribution is 2.22. The first-order valence-electron chi connectivity index (χ1n) is 5.89. The Labute approximate surface area is 112 Å². The van der Waals surface area contributed by atoms with Crippen LogP contribution in [0.3, 0.4) is 0 Å². The van der Waals surface area contributed by atoms with E-state index in [-0.39, 0.29) is 5.71 Å². The molecule has 1 rings (SSSR count). The number of hydrogen-bond donors (Lipinski definition) is 1.